The lowest BCUT2D eigenvalue weighted by molar-refractivity contribution is -0.279. The summed E-state index contributed by atoms with van der Waals surface area (Å²) < 4.78 is 2.82. The molecule has 20 heavy (non-hydrogen) atoms. The zero-order chi connectivity index (χ0) is 14.1. The highest BCUT2D eigenvalue weighted by Gasteiger charge is 2.13. The van der Waals surface area contributed by atoms with Crippen LogP contribution in [0.3, 0.4) is 0 Å². The summed E-state index contributed by atoms with van der Waals surface area (Å²) >= 11 is 0. The van der Waals surface area contributed by atoms with Crippen molar-refractivity contribution in [1.29, 1.82) is 0 Å². The molecule has 0 fully saturated rings. The molecule has 4 heteroatoms. The van der Waals surface area contributed by atoms with E-state index in [2.05, 4.69) is 0 Å². The van der Waals surface area contributed by atoms with Crippen LogP contribution in [0.4, 0.5) is 0 Å². The van der Waals surface area contributed by atoms with E-state index in [1.807, 2.05) is 36.4 Å². The molecule has 0 atom stereocenters. The topological polar surface area (TPSA) is 50.0 Å². The van der Waals surface area contributed by atoms with Gasteiger partial charge in [-0.05, 0) is 37.1 Å². The summed E-state index contributed by atoms with van der Waals surface area (Å²) in [5.74, 6) is -0.287. The van der Waals surface area contributed by atoms with Gasteiger partial charge >= 0.3 is 0 Å². The van der Waals surface area contributed by atoms with E-state index in [-0.39, 0.29) is 17.0 Å². The Kier molecular flexibility index (Phi) is 2.91. The lowest BCUT2D eigenvalue weighted by atomic mass is 10.3. The van der Waals surface area contributed by atoms with Crippen LogP contribution in [0.5, 0.6) is 5.88 Å². The van der Waals surface area contributed by atoms with E-state index in [1.165, 1.54) is 9.36 Å². The first-order valence-corrected chi connectivity index (χ1v) is 6.32. The molecular formula is C16H13N2O2-. The smallest absolute Gasteiger partial charge is 0.273 e. The fraction of sp³-hybridized carbons (Fsp3) is 0.0625. The van der Waals surface area contributed by atoms with Crippen molar-refractivity contribution in [2.45, 2.75) is 6.92 Å². The minimum Gasteiger partial charge on any atom is -0.858 e. The van der Waals surface area contributed by atoms with Gasteiger partial charge in [0.25, 0.3) is 5.56 Å². The van der Waals surface area contributed by atoms with E-state index in [9.17, 15) is 9.90 Å². The monoisotopic (exact) mass is 265 g/mol. The predicted octanol–water partition coefficient (Wildman–Crippen LogP) is 2.01. The Morgan fingerprint density at radius 3 is 1.75 bits per heavy atom. The summed E-state index contributed by atoms with van der Waals surface area (Å²) in [6, 6.07) is 18.3. The molecule has 2 aromatic carbocycles. The van der Waals surface area contributed by atoms with Gasteiger partial charge in [0.2, 0.25) is 0 Å². The molecule has 4 nitrogen and oxygen atoms in total. The largest absolute Gasteiger partial charge is 0.858 e. The standard InChI is InChI=1S/C16H14N2O2/c1-12-15(19)17(13-8-4-2-5-9-13)18(16(12)20)14-10-6-3-7-11-14/h2-11,19H,1H3/p-1. The van der Waals surface area contributed by atoms with Crippen LogP contribution in [0, 0.1) is 6.92 Å². The third-order valence-electron chi connectivity index (χ3n) is 3.23. The van der Waals surface area contributed by atoms with E-state index < -0.39 is 0 Å². The molecule has 0 unspecified atom stereocenters. The van der Waals surface area contributed by atoms with E-state index in [4.69, 9.17) is 0 Å². The molecular weight excluding hydrogens is 252 g/mol. The number of hydrogen-bond acceptors (Lipinski definition) is 2. The van der Waals surface area contributed by atoms with Crippen molar-refractivity contribution in [3.8, 4) is 17.3 Å². The molecule has 3 rings (SSSR count). The van der Waals surface area contributed by atoms with E-state index >= 15 is 0 Å². The Bertz CT molecular complexity index is 787. The molecule has 0 aliphatic heterocycles. The van der Waals surface area contributed by atoms with Gasteiger partial charge in [0, 0.05) is 5.56 Å². The Morgan fingerprint density at radius 1 is 0.800 bits per heavy atom. The predicted molar refractivity (Wildman–Crippen MR) is 75.5 cm³/mol. The van der Waals surface area contributed by atoms with Crippen LogP contribution in [0.2, 0.25) is 0 Å². The number of aromatic nitrogens is 2. The molecule has 0 spiro atoms. The van der Waals surface area contributed by atoms with Gasteiger partial charge in [-0.2, -0.15) is 0 Å². The van der Waals surface area contributed by atoms with Crippen LogP contribution < -0.4 is 10.7 Å². The third-order valence-corrected chi connectivity index (χ3v) is 3.23. The number of benzene rings is 2. The maximum absolute atomic E-state index is 12.3. The Hall–Kier alpha value is -2.75. The highest BCUT2D eigenvalue weighted by molar-refractivity contribution is 5.42. The number of hydrogen-bond donors (Lipinski definition) is 0. The highest BCUT2D eigenvalue weighted by atomic mass is 16.3. The van der Waals surface area contributed by atoms with Crippen LogP contribution in [0.1, 0.15) is 5.56 Å². The van der Waals surface area contributed by atoms with Crippen molar-refractivity contribution in [3.63, 3.8) is 0 Å². The van der Waals surface area contributed by atoms with Crippen molar-refractivity contribution in [2.24, 2.45) is 0 Å². The molecule has 0 radical (unpaired) electrons. The minimum absolute atomic E-state index is 0.220. The first-order chi connectivity index (χ1) is 9.70. The fourth-order valence-corrected chi connectivity index (χ4v) is 2.19. The summed E-state index contributed by atoms with van der Waals surface area (Å²) in [6.07, 6.45) is 0. The van der Waals surface area contributed by atoms with Crippen LogP contribution >= 0.6 is 0 Å². The van der Waals surface area contributed by atoms with E-state index in [0.717, 1.165) is 0 Å². The van der Waals surface area contributed by atoms with Crippen molar-refractivity contribution < 1.29 is 5.11 Å². The Morgan fingerprint density at radius 2 is 1.25 bits per heavy atom. The molecule has 0 N–H and O–H groups in total. The first-order valence-electron chi connectivity index (χ1n) is 6.32. The van der Waals surface area contributed by atoms with Gasteiger partial charge in [-0.15, -0.1) is 0 Å². The molecule has 0 saturated heterocycles. The molecule has 0 amide bonds. The molecule has 0 saturated carbocycles. The molecule has 1 aromatic heterocycles. The molecule has 100 valence electrons. The second-order valence-corrected chi connectivity index (χ2v) is 4.53. The summed E-state index contributed by atoms with van der Waals surface area (Å²) in [5.41, 5.74) is 1.28. The van der Waals surface area contributed by atoms with Gasteiger partial charge < -0.3 is 5.11 Å². The molecule has 3 aromatic rings. The van der Waals surface area contributed by atoms with Crippen molar-refractivity contribution in [3.05, 3.63) is 76.6 Å². The summed E-state index contributed by atoms with van der Waals surface area (Å²) in [4.78, 5) is 12.3. The maximum Gasteiger partial charge on any atom is 0.273 e. The Labute approximate surface area is 116 Å². The van der Waals surface area contributed by atoms with Crippen LogP contribution in [-0.4, -0.2) is 9.36 Å². The Balaban J connectivity index is 2.36. The van der Waals surface area contributed by atoms with Crippen LogP contribution in [-0.2, 0) is 0 Å². The lowest BCUT2D eigenvalue weighted by Gasteiger charge is -2.17. The van der Waals surface area contributed by atoms with Crippen molar-refractivity contribution in [1.82, 2.24) is 9.36 Å². The number of nitrogens with zero attached hydrogens (tertiary/aromatic N) is 2. The highest BCUT2D eigenvalue weighted by Crippen LogP contribution is 2.19. The van der Waals surface area contributed by atoms with Gasteiger partial charge in [0.15, 0.2) is 0 Å². The first kappa shape index (κ1) is 12.3. The van der Waals surface area contributed by atoms with Crippen LogP contribution in [0.25, 0.3) is 11.4 Å². The van der Waals surface area contributed by atoms with Gasteiger partial charge in [-0.3, -0.25) is 9.48 Å². The normalized spacial score (nSPS) is 10.7. The van der Waals surface area contributed by atoms with Gasteiger partial charge in [0.1, 0.15) is 0 Å². The zero-order valence-corrected chi connectivity index (χ0v) is 11.0. The van der Waals surface area contributed by atoms with Crippen LogP contribution in [0.15, 0.2) is 65.5 Å². The second-order valence-electron chi connectivity index (χ2n) is 4.53. The third kappa shape index (κ3) is 1.82. The zero-order valence-electron chi connectivity index (χ0n) is 11.0. The molecule has 0 aliphatic carbocycles. The molecule has 1 heterocycles. The molecule has 0 bridgehead atoms. The minimum atomic E-state index is -0.287. The van der Waals surface area contributed by atoms with Gasteiger partial charge in [-0.25, -0.2) is 4.68 Å². The van der Waals surface area contributed by atoms with E-state index in [1.54, 1.807) is 31.2 Å². The summed E-state index contributed by atoms with van der Waals surface area (Å²) in [7, 11) is 0. The van der Waals surface area contributed by atoms with Gasteiger partial charge in [0.05, 0.1) is 11.4 Å². The number of para-hydroxylation sites is 2. The van der Waals surface area contributed by atoms with Crippen molar-refractivity contribution in [2.75, 3.05) is 0 Å². The average Bonchev–Trinajstić information content (AvgIpc) is 2.73. The van der Waals surface area contributed by atoms with E-state index in [0.29, 0.717) is 11.4 Å². The van der Waals surface area contributed by atoms with Crippen molar-refractivity contribution >= 4 is 0 Å². The SMILES string of the molecule is Cc1c([O-])n(-c2ccccc2)n(-c2ccccc2)c1=O. The summed E-state index contributed by atoms with van der Waals surface area (Å²) in [6.45, 7) is 1.56. The lowest BCUT2D eigenvalue weighted by Crippen LogP contribution is -2.21. The molecule has 0 aliphatic rings. The average molecular weight is 265 g/mol. The number of rotatable bonds is 2. The summed E-state index contributed by atoms with van der Waals surface area (Å²) in [5, 5.41) is 12.3. The van der Waals surface area contributed by atoms with Gasteiger partial charge in [-0.1, -0.05) is 36.4 Å². The fourth-order valence-electron chi connectivity index (χ4n) is 2.19. The maximum atomic E-state index is 12.3. The second kappa shape index (κ2) is 4.74. The quantitative estimate of drug-likeness (QED) is 0.711.